The molecular formula is C26H23ClFI2N5O4. The Morgan fingerprint density at radius 1 is 1.36 bits per heavy atom. The van der Waals surface area contributed by atoms with Gasteiger partial charge >= 0.3 is 0 Å². The first-order valence-electron chi connectivity index (χ1n) is 11.6. The smallest absolute Gasteiger partial charge is 0.271 e. The number of anilines is 1. The number of nitrogens with zero attached hydrogens (tertiary/aromatic N) is 5. The molecule has 0 bridgehead atoms. The average molecular weight is 778 g/mol. The zero-order valence-electron chi connectivity index (χ0n) is 20.9. The SMILES string of the molecule is C=CC(=O)N(I)CCN(I)c1c(C#N)c(=O)n2c3c(c(-c4c(O)cccc4F)c(Cl)cc13)OC[C@@H]2CN(C)C. The molecule has 13 heteroatoms. The largest absolute Gasteiger partial charge is 0.507 e. The number of carbonyl (C=O) groups excluding carboxylic acids is 1. The van der Waals surface area contributed by atoms with E-state index >= 15 is 4.39 Å². The van der Waals surface area contributed by atoms with Gasteiger partial charge in [-0.3, -0.25) is 17.3 Å². The van der Waals surface area contributed by atoms with E-state index < -0.39 is 17.4 Å². The van der Waals surface area contributed by atoms with Crippen molar-refractivity contribution >= 4 is 79.8 Å². The lowest BCUT2D eigenvalue weighted by Crippen LogP contribution is -2.40. The monoisotopic (exact) mass is 777 g/mol. The summed E-state index contributed by atoms with van der Waals surface area (Å²) < 4.78 is 25.8. The molecule has 1 atom stereocenters. The van der Waals surface area contributed by atoms with E-state index in [2.05, 4.69) is 12.6 Å². The van der Waals surface area contributed by atoms with Crippen molar-refractivity contribution in [2.75, 3.05) is 43.4 Å². The van der Waals surface area contributed by atoms with Gasteiger partial charge in [0.1, 0.15) is 29.8 Å². The van der Waals surface area contributed by atoms with Gasteiger partial charge in [-0.15, -0.1) is 0 Å². The third kappa shape index (κ3) is 5.41. The summed E-state index contributed by atoms with van der Waals surface area (Å²) in [6.45, 7) is 4.52. The lowest BCUT2D eigenvalue weighted by Gasteiger charge is -2.33. The fourth-order valence-electron chi connectivity index (χ4n) is 4.64. The minimum absolute atomic E-state index is 0.0639. The highest BCUT2D eigenvalue weighted by Gasteiger charge is 2.34. The molecular weight excluding hydrogens is 755 g/mol. The van der Waals surface area contributed by atoms with Crippen LogP contribution in [0.4, 0.5) is 10.1 Å². The molecule has 39 heavy (non-hydrogen) atoms. The Labute approximate surface area is 257 Å². The number of phenolic OH excluding ortho intramolecular Hbond substituents is 1. The van der Waals surface area contributed by atoms with Gasteiger partial charge in [0.2, 0.25) is 0 Å². The van der Waals surface area contributed by atoms with Crippen molar-refractivity contribution in [1.29, 1.82) is 5.26 Å². The van der Waals surface area contributed by atoms with Gasteiger partial charge in [-0.2, -0.15) is 5.26 Å². The number of phenols is 1. The molecule has 0 aliphatic carbocycles. The summed E-state index contributed by atoms with van der Waals surface area (Å²) in [6, 6.07) is 7.07. The maximum absolute atomic E-state index is 15.0. The first kappa shape index (κ1) is 29.4. The van der Waals surface area contributed by atoms with E-state index in [1.54, 1.807) is 9.18 Å². The van der Waals surface area contributed by atoms with Gasteiger partial charge in [0.25, 0.3) is 11.5 Å². The standard InChI is InChI=1S/C26H23ClFI2N5O4/c1-4-20(37)33(29)8-9-34(30)23-15-10-17(27)21(22-18(28)6-5-7-19(22)36)25-24(15)35(26(38)16(23)11-31)14(13-39-25)12-32(2)3/h4-7,10,14,36H,1,8-9,12-13H2,2-3H3/t14-/m0/s1. The van der Waals surface area contributed by atoms with Crippen molar-refractivity contribution in [2.24, 2.45) is 0 Å². The van der Waals surface area contributed by atoms with Crippen LogP contribution >= 0.6 is 57.3 Å². The van der Waals surface area contributed by atoms with Crippen LogP contribution in [-0.2, 0) is 4.79 Å². The van der Waals surface area contributed by atoms with E-state index in [1.165, 1.54) is 32.0 Å². The first-order chi connectivity index (χ1) is 18.5. The minimum Gasteiger partial charge on any atom is -0.507 e. The lowest BCUT2D eigenvalue weighted by atomic mass is 9.97. The molecule has 1 N–H and O–H groups in total. The fourth-order valence-corrected chi connectivity index (χ4v) is 6.05. The Balaban J connectivity index is 2.06. The normalized spacial score (nSPS) is 14.2. The minimum atomic E-state index is -0.709. The second kappa shape index (κ2) is 11.9. The molecule has 0 unspecified atom stereocenters. The maximum Gasteiger partial charge on any atom is 0.271 e. The van der Waals surface area contributed by atoms with Gasteiger partial charge in [0.15, 0.2) is 5.75 Å². The Hall–Kier alpha value is -2.61. The van der Waals surface area contributed by atoms with Crippen LogP contribution in [0.15, 0.2) is 41.7 Å². The van der Waals surface area contributed by atoms with Crippen molar-refractivity contribution < 1.29 is 19.0 Å². The number of halogens is 4. The zero-order chi connectivity index (χ0) is 28.6. The van der Waals surface area contributed by atoms with E-state index in [0.717, 1.165) is 0 Å². The Kier molecular flexibility index (Phi) is 8.94. The summed E-state index contributed by atoms with van der Waals surface area (Å²) in [7, 11) is 3.71. The molecule has 204 valence electrons. The summed E-state index contributed by atoms with van der Waals surface area (Å²) in [4.78, 5) is 27.8. The van der Waals surface area contributed by atoms with E-state index in [1.807, 2.05) is 64.7 Å². The van der Waals surface area contributed by atoms with Crippen LogP contribution in [0, 0.1) is 17.1 Å². The first-order valence-corrected chi connectivity index (χ1v) is 14.0. The molecule has 0 saturated heterocycles. The van der Waals surface area contributed by atoms with Crippen molar-refractivity contribution in [1.82, 2.24) is 12.6 Å². The number of aromatic hydroxyl groups is 1. The van der Waals surface area contributed by atoms with Gasteiger partial charge in [-0.05, 0) is 38.4 Å². The predicted octanol–water partition coefficient (Wildman–Crippen LogP) is 5.05. The highest BCUT2D eigenvalue weighted by Crippen LogP contribution is 2.50. The molecule has 0 fully saturated rings. The number of amides is 1. The average Bonchev–Trinajstić information content (AvgIpc) is 2.89. The molecule has 0 spiro atoms. The van der Waals surface area contributed by atoms with Crippen LogP contribution in [0.3, 0.4) is 0 Å². The number of likely N-dealkylation sites (N-methyl/N-ethyl adjacent to an activating group) is 1. The van der Waals surface area contributed by atoms with Gasteiger partial charge < -0.3 is 17.9 Å². The molecule has 2 heterocycles. The van der Waals surface area contributed by atoms with Crippen LogP contribution in [-0.4, -0.2) is 63.9 Å². The number of hydrogen-bond donors (Lipinski definition) is 1. The van der Waals surface area contributed by atoms with Crippen molar-refractivity contribution in [2.45, 2.75) is 6.04 Å². The number of nitriles is 1. The van der Waals surface area contributed by atoms with Crippen LogP contribution in [0.25, 0.3) is 22.0 Å². The Morgan fingerprint density at radius 3 is 2.69 bits per heavy atom. The molecule has 2 aromatic carbocycles. The summed E-state index contributed by atoms with van der Waals surface area (Å²) in [5, 5.41) is 21.2. The maximum atomic E-state index is 15.0. The number of pyridine rings is 1. The molecule has 4 rings (SSSR count). The second-order valence-electron chi connectivity index (χ2n) is 9.04. The van der Waals surface area contributed by atoms with Gasteiger partial charge in [-0.1, -0.05) is 24.2 Å². The predicted molar refractivity (Wildman–Crippen MR) is 165 cm³/mol. The van der Waals surface area contributed by atoms with Crippen LogP contribution in [0.5, 0.6) is 11.5 Å². The van der Waals surface area contributed by atoms with Gasteiger partial charge in [0, 0.05) is 25.0 Å². The molecule has 1 aliphatic heterocycles. The number of aromatic nitrogens is 1. The Morgan fingerprint density at radius 2 is 2.08 bits per heavy atom. The number of benzene rings is 2. The lowest BCUT2D eigenvalue weighted by molar-refractivity contribution is -0.120. The molecule has 3 aromatic rings. The summed E-state index contributed by atoms with van der Waals surface area (Å²) in [5.74, 6) is -1.19. The molecule has 1 aliphatic rings. The van der Waals surface area contributed by atoms with Crippen LogP contribution < -0.4 is 13.4 Å². The van der Waals surface area contributed by atoms with Gasteiger partial charge in [0.05, 0.1) is 79.1 Å². The second-order valence-corrected chi connectivity index (χ2v) is 11.8. The summed E-state index contributed by atoms with van der Waals surface area (Å²) >= 11 is 10.6. The molecule has 1 amide bonds. The fraction of sp³-hybridized carbons (Fsp3) is 0.269. The highest BCUT2D eigenvalue weighted by atomic mass is 127. The highest BCUT2D eigenvalue weighted by molar-refractivity contribution is 14.1. The van der Waals surface area contributed by atoms with E-state index in [9.17, 15) is 20.0 Å². The number of ether oxygens (including phenoxy) is 1. The third-order valence-corrected chi connectivity index (χ3v) is 8.46. The molecule has 1 aromatic heterocycles. The van der Waals surface area contributed by atoms with Crippen LogP contribution in [0.2, 0.25) is 5.02 Å². The molecule has 9 nitrogen and oxygen atoms in total. The van der Waals surface area contributed by atoms with Crippen LogP contribution in [0.1, 0.15) is 11.6 Å². The number of rotatable bonds is 8. The van der Waals surface area contributed by atoms with E-state index in [-0.39, 0.29) is 58.8 Å². The van der Waals surface area contributed by atoms with Gasteiger partial charge in [-0.25, -0.2) is 4.39 Å². The van der Waals surface area contributed by atoms with Crippen molar-refractivity contribution in [3.8, 4) is 28.7 Å². The van der Waals surface area contributed by atoms with E-state index in [0.29, 0.717) is 23.1 Å². The Bertz CT molecular complexity index is 1570. The van der Waals surface area contributed by atoms with E-state index in [4.69, 9.17) is 16.3 Å². The third-order valence-electron chi connectivity index (χ3n) is 6.24. The molecule has 0 radical (unpaired) electrons. The van der Waals surface area contributed by atoms with Crippen molar-refractivity contribution in [3.63, 3.8) is 0 Å². The quantitative estimate of drug-likeness (QED) is 0.194. The zero-order valence-corrected chi connectivity index (χ0v) is 26.0. The summed E-state index contributed by atoms with van der Waals surface area (Å²) in [6.07, 6.45) is 1.20. The van der Waals surface area contributed by atoms with Crippen molar-refractivity contribution in [3.05, 3.63) is 63.7 Å². The topological polar surface area (TPSA) is 102 Å². The number of hydrogen-bond acceptors (Lipinski definition) is 7. The molecule has 0 saturated carbocycles. The number of carbonyl (C=O) groups is 1. The summed E-state index contributed by atoms with van der Waals surface area (Å²) in [5.41, 5.74) is -0.0260.